The topological polar surface area (TPSA) is 106 Å². The summed E-state index contributed by atoms with van der Waals surface area (Å²) in [5.74, 6) is 1.10. The van der Waals surface area contributed by atoms with Crippen molar-refractivity contribution < 1.29 is 4.79 Å². The Kier molecular flexibility index (Phi) is 6.51. The van der Waals surface area contributed by atoms with Crippen LogP contribution in [0.2, 0.25) is 0 Å². The molecule has 2 aliphatic rings. The molecule has 0 aliphatic carbocycles. The third-order valence-corrected chi connectivity index (χ3v) is 8.55. The number of amides is 1. The Hall–Kier alpha value is -4.89. The van der Waals surface area contributed by atoms with E-state index in [-0.39, 0.29) is 5.91 Å². The van der Waals surface area contributed by atoms with Crippen molar-refractivity contribution >= 4 is 23.0 Å². The van der Waals surface area contributed by atoms with Crippen molar-refractivity contribution in [3.63, 3.8) is 0 Å². The maximum absolute atomic E-state index is 11.9. The lowest BCUT2D eigenvalue weighted by Crippen LogP contribution is -2.60. The lowest BCUT2D eigenvalue weighted by atomic mass is 9.72. The van der Waals surface area contributed by atoms with Gasteiger partial charge in [-0.3, -0.25) is 14.3 Å². The summed E-state index contributed by atoms with van der Waals surface area (Å²) in [6, 6.07) is 22.4. The number of anilines is 1. The van der Waals surface area contributed by atoms with Crippen molar-refractivity contribution in [2.75, 3.05) is 31.9 Å². The van der Waals surface area contributed by atoms with Crippen molar-refractivity contribution in [1.29, 1.82) is 0 Å². The highest BCUT2D eigenvalue weighted by atomic mass is 16.2. The summed E-state index contributed by atoms with van der Waals surface area (Å²) < 4.78 is 2.02. The Labute approximate surface area is 244 Å². The number of carbonyl (C=O) groups is 1. The molecule has 0 bridgehead atoms. The van der Waals surface area contributed by atoms with E-state index in [9.17, 15) is 4.79 Å². The van der Waals surface area contributed by atoms with E-state index in [4.69, 9.17) is 15.7 Å². The molecule has 5 heterocycles. The summed E-state index contributed by atoms with van der Waals surface area (Å²) in [5.41, 5.74) is 12.5. The second-order valence-corrected chi connectivity index (χ2v) is 11.3. The minimum absolute atomic E-state index is 0.0448. The van der Waals surface area contributed by atoms with Crippen LogP contribution in [-0.4, -0.2) is 66.4 Å². The van der Waals surface area contributed by atoms with Crippen LogP contribution in [-0.2, 0) is 11.3 Å². The third kappa shape index (κ3) is 4.71. The number of benzene rings is 2. The highest BCUT2D eigenvalue weighted by molar-refractivity contribution is 5.87. The van der Waals surface area contributed by atoms with Crippen LogP contribution in [0.5, 0.6) is 0 Å². The molecule has 2 saturated heterocycles. The van der Waals surface area contributed by atoms with Crippen molar-refractivity contribution in [3.8, 4) is 28.3 Å². The number of hydrogen-bond acceptors (Lipinski definition) is 7. The zero-order valence-electron chi connectivity index (χ0n) is 23.4. The predicted molar refractivity (Wildman–Crippen MR) is 163 cm³/mol. The van der Waals surface area contributed by atoms with Crippen LogP contribution in [0.4, 0.5) is 5.82 Å². The van der Waals surface area contributed by atoms with Crippen molar-refractivity contribution in [2.24, 2.45) is 5.41 Å². The number of fused-ring (bicyclic) bond motifs is 1. The Morgan fingerprint density at radius 2 is 1.71 bits per heavy atom. The summed E-state index contributed by atoms with van der Waals surface area (Å²) in [6.07, 6.45) is 6.97. The number of hydrogen-bond donors (Lipinski definition) is 1. The van der Waals surface area contributed by atoms with Gasteiger partial charge in [-0.05, 0) is 54.2 Å². The molecule has 5 aromatic rings. The number of nitrogens with zero attached hydrogens (tertiary/aromatic N) is 7. The molecule has 2 N–H and O–H groups in total. The fourth-order valence-electron chi connectivity index (χ4n) is 6.30. The van der Waals surface area contributed by atoms with Crippen LogP contribution < -0.4 is 5.73 Å². The summed E-state index contributed by atoms with van der Waals surface area (Å²) in [7, 11) is 0. The first-order chi connectivity index (χ1) is 20.5. The number of imidazole rings is 1. The smallest absolute Gasteiger partial charge is 0.245 e. The monoisotopic (exact) mass is 556 g/mol. The first-order valence-electron chi connectivity index (χ1n) is 14.3. The van der Waals surface area contributed by atoms with Gasteiger partial charge in [0.25, 0.3) is 0 Å². The molecule has 42 heavy (non-hydrogen) atoms. The molecule has 2 aliphatic heterocycles. The van der Waals surface area contributed by atoms with E-state index >= 15 is 0 Å². The highest BCUT2D eigenvalue weighted by Gasteiger charge is 2.44. The maximum Gasteiger partial charge on any atom is 0.245 e. The molecule has 2 aromatic carbocycles. The molecule has 9 heteroatoms. The molecule has 9 nitrogen and oxygen atoms in total. The standard InChI is InChI=1S/C33H32N8O/c1-2-28(42)40-17-14-33(15-18-40)21-39(22-33)20-23-10-12-25(13-11-23)41-31(26-9-6-16-35-29(26)34)38-30-32(41)37-27(19-36-30)24-7-4-3-5-8-24/h2-13,16,19H,1,14-15,17-18,20-22H2,(H2,34,35). The average Bonchev–Trinajstić information content (AvgIpc) is 3.40. The minimum atomic E-state index is 0.0448. The lowest BCUT2D eigenvalue weighted by Gasteiger charge is -2.54. The summed E-state index contributed by atoms with van der Waals surface area (Å²) in [5, 5.41) is 0. The minimum Gasteiger partial charge on any atom is -0.383 e. The molecule has 7 rings (SSSR count). The highest BCUT2D eigenvalue weighted by Crippen LogP contribution is 2.41. The van der Waals surface area contributed by atoms with Gasteiger partial charge in [0.1, 0.15) is 5.82 Å². The van der Waals surface area contributed by atoms with Gasteiger partial charge in [0.15, 0.2) is 17.1 Å². The van der Waals surface area contributed by atoms with E-state index in [2.05, 4.69) is 45.7 Å². The molecule has 0 atom stereocenters. The van der Waals surface area contributed by atoms with Crippen LogP contribution in [0.3, 0.4) is 0 Å². The van der Waals surface area contributed by atoms with Crippen LogP contribution >= 0.6 is 0 Å². The number of likely N-dealkylation sites (tertiary alicyclic amines) is 2. The quantitative estimate of drug-likeness (QED) is 0.301. The van der Waals surface area contributed by atoms with Crippen molar-refractivity contribution in [2.45, 2.75) is 19.4 Å². The van der Waals surface area contributed by atoms with E-state index < -0.39 is 0 Å². The molecule has 1 spiro atoms. The van der Waals surface area contributed by atoms with Crippen LogP contribution in [0.15, 0.2) is 91.8 Å². The van der Waals surface area contributed by atoms with Crippen LogP contribution in [0.25, 0.3) is 39.6 Å². The van der Waals surface area contributed by atoms with Gasteiger partial charge < -0.3 is 10.6 Å². The van der Waals surface area contributed by atoms with Gasteiger partial charge in [-0.2, -0.15) is 0 Å². The molecular formula is C33H32N8O. The zero-order chi connectivity index (χ0) is 28.7. The molecule has 1 amide bonds. The van der Waals surface area contributed by atoms with E-state index in [1.54, 1.807) is 12.4 Å². The van der Waals surface area contributed by atoms with Crippen LogP contribution in [0, 0.1) is 5.41 Å². The molecule has 0 radical (unpaired) electrons. The number of carbonyl (C=O) groups excluding carboxylic acids is 1. The Balaban J connectivity index is 1.15. The average molecular weight is 557 g/mol. The number of nitrogen functional groups attached to an aromatic ring is 1. The van der Waals surface area contributed by atoms with Crippen molar-refractivity contribution in [3.05, 3.63) is 97.3 Å². The number of nitrogens with two attached hydrogens (primary N) is 1. The van der Waals surface area contributed by atoms with Gasteiger partial charge in [0.05, 0.1) is 17.5 Å². The van der Waals surface area contributed by atoms with Gasteiger partial charge in [0, 0.05) is 50.2 Å². The zero-order valence-corrected chi connectivity index (χ0v) is 23.4. The molecule has 3 aromatic heterocycles. The Bertz CT molecular complexity index is 1760. The molecular weight excluding hydrogens is 524 g/mol. The molecule has 0 saturated carbocycles. The fourth-order valence-corrected chi connectivity index (χ4v) is 6.30. The van der Waals surface area contributed by atoms with E-state index in [0.717, 1.165) is 68.1 Å². The summed E-state index contributed by atoms with van der Waals surface area (Å²) in [6.45, 7) is 8.30. The fraction of sp³-hybridized carbons (Fsp3) is 0.242. The maximum atomic E-state index is 11.9. The largest absolute Gasteiger partial charge is 0.383 e. The SMILES string of the molecule is C=CC(=O)N1CCC2(CC1)CN(Cc1ccc(-n3c(-c4cccnc4N)nc4ncc(-c5ccccc5)nc43)cc1)C2. The Morgan fingerprint density at radius 3 is 2.43 bits per heavy atom. The van der Waals surface area contributed by atoms with Gasteiger partial charge in [-0.25, -0.2) is 19.9 Å². The first-order valence-corrected chi connectivity index (χ1v) is 14.3. The third-order valence-electron chi connectivity index (χ3n) is 8.55. The van der Waals surface area contributed by atoms with Crippen LogP contribution in [0.1, 0.15) is 18.4 Å². The molecule has 210 valence electrons. The lowest BCUT2D eigenvalue weighted by molar-refractivity contribution is -0.131. The van der Waals surface area contributed by atoms with Gasteiger partial charge in [-0.15, -0.1) is 0 Å². The normalized spacial score (nSPS) is 16.4. The Morgan fingerprint density at radius 1 is 0.952 bits per heavy atom. The van der Waals surface area contributed by atoms with Gasteiger partial charge >= 0.3 is 0 Å². The second-order valence-electron chi connectivity index (χ2n) is 11.3. The number of rotatable bonds is 6. The predicted octanol–water partition coefficient (Wildman–Crippen LogP) is 4.74. The second kappa shape index (κ2) is 10.5. The number of aromatic nitrogens is 5. The molecule has 2 fully saturated rings. The van der Waals surface area contributed by atoms with E-state index in [1.807, 2.05) is 51.9 Å². The van der Waals surface area contributed by atoms with E-state index in [0.29, 0.717) is 28.4 Å². The number of pyridine rings is 1. The van der Waals surface area contributed by atoms with Crippen molar-refractivity contribution in [1.82, 2.24) is 34.3 Å². The van der Waals surface area contributed by atoms with Gasteiger partial charge in [-0.1, -0.05) is 49.0 Å². The first kappa shape index (κ1) is 26.0. The van der Waals surface area contributed by atoms with Gasteiger partial charge in [0.2, 0.25) is 5.91 Å². The molecule has 0 unspecified atom stereocenters. The number of piperidine rings is 1. The van der Waals surface area contributed by atoms with E-state index in [1.165, 1.54) is 11.6 Å². The summed E-state index contributed by atoms with van der Waals surface area (Å²) in [4.78, 5) is 35.2. The summed E-state index contributed by atoms with van der Waals surface area (Å²) >= 11 is 0.